The zero-order chi connectivity index (χ0) is 26.1. The van der Waals surface area contributed by atoms with E-state index >= 15 is 0 Å². The summed E-state index contributed by atoms with van der Waals surface area (Å²) in [6.07, 6.45) is 5.11. The van der Waals surface area contributed by atoms with Crippen molar-refractivity contribution in [2.24, 2.45) is 0 Å². The summed E-state index contributed by atoms with van der Waals surface area (Å²) in [7, 11) is -3.55. The largest absolute Gasteiger partial charge is 0.388 e. The molecule has 4 rings (SSSR count). The average molecular weight is 744 g/mol. The van der Waals surface area contributed by atoms with Crippen LogP contribution in [0.5, 0.6) is 0 Å². The molecule has 10 nitrogen and oxygen atoms in total. The minimum absolute atomic E-state index is 0.00838. The molecule has 3 heterocycles. The zero-order valence-corrected chi connectivity index (χ0v) is 25.7. The molecule has 200 valence electrons. The van der Waals surface area contributed by atoms with E-state index in [-0.39, 0.29) is 60.5 Å². The summed E-state index contributed by atoms with van der Waals surface area (Å²) in [5.41, 5.74) is -0.658. The minimum atomic E-state index is -3.55. The van der Waals surface area contributed by atoms with Gasteiger partial charge in [0, 0.05) is 43.3 Å². The highest BCUT2D eigenvalue weighted by atomic mass is 127. The van der Waals surface area contributed by atoms with E-state index in [2.05, 4.69) is 36.0 Å². The van der Waals surface area contributed by atoms with Gasteiger partial charge >= 0.3 is 0 Å². The number of nitrogens with zero attached hydrogens (tertiary/aromatic N) is 4. The van der Waals surface area contributed by atoms with Crippen molar-refractivity contribution in [2.75, 3.05) is 25.0 Å². The highest BCUT2D eigenvalue weighted by Crippen LogP contribution is 2.39. The molecule has 0 bridgehead atoms. The van der Waals surface area contributed by atoms with Crippen LogP contribution >= 0.6 is 41.5 Å². The fraction of sp³-hybridized carbons (Fsp3) is 0.609. The molecule has 36 heavy (non-hydrogen) atoms. The van der Waals surface area contributed by atoms with Crippen molar-refractivity contribution in [1.82, 2.24) is 23.6 Å². The molecular weight excluding hydrogens is 710 g/mol. The van der Waals surface area contributed by atoms with Crippen molar-refractivity contribution in [1.29, 1.82) is 0 Å². The third-order valence-electron chi connectivity index (χ3n) is 7.11. The Morgan fingerprint density at radius 3 is 2.56 bits per heavy atom. The van der Waals surface area contributed by atoms with E-state index in [0.29, 0.717) is 56.9 Å². The second kappa shape index (κ2) is 11.1. The topological polar surface area (TPSA) is 129 Å². The van der Waals surface area contributed by atoms with Crippen molar-refractivity contribution in [2.45, 2.75) is 65.1 Å². The predicted octanol–water partition coefficient (Wildman–Crippen LogP) is 2.50. The molecule has 0 radical (unpaired) electrons. The maximum absolute atomic E-state index is 12.8. The molecule has 2 aliphatic rings. The van der Waals surface area contributed by atoms with E-state index in [1.807, 2.05) is 0 Å². The summed E-state index contributed by atoms with van der Waals surface area (Å²) in [6.45, 7) is 5.04. The first kappa shape index (κ1) is 28.1. The maximum Gasteiger partial charge on any atom is 0.279 e. The lowest BCUT2D eigenvalue weighted by atomic mass is 10.00. The number of nitrogens with one attached hydrogen (secondary N) is 2. The normalized spacial score (nSPS) is 24.4. The Morgan fingerprint density at radius 1 is 1.25 bits per heavy atom. The molecule has 2 aromatic rings. The van der Waals surface area contributed by atoms with Crippen LogP contribution in [-0.4, -0.2) is 74.1 Å². The van der Waals surface area contributed by atoms with Crippen LogP contribution in [0.2, 0.25) is 0 Å². The number of hydrogen-bond acceptors (Lipinski definition) is 7. The quantitative estimate of drug-likeness (QED) is 0.266. The van der Waals surface area contributed by atoms with E-state index in [0.717, 1.165) is 11.8 Å². The molecule has 1 aliphatic heterocycles. The summed E-state index contributed by atoms with van der Waals surface area (Å²) >= 11 is -0.694. The van der Waals surface area contributed by atoms with Crippen LogP contribution in [0.3, 0.4) is 0 Å². The first-order chi connectivity index (χ1) is 17.0. The van der Waals surface area contributed by atoms with Gasteiger partial charge in [0.15, 0.2) is 0 Å². The van der Waals surface area contributed by atoms with E-state index in [4.69, 9.17) is 0 Å². The van der Waals surface area contributed by atoms with Crippen LogP contribution < -0.4 is 15.6 Å². The van der Waals surface area contributed by atoms with Crippen molar-refractivity contribution < 1.29 is 13.5 Å². The van der Waals surface area contributed by atoms with Gasteiger partial charge < -0.3 is 10.4 Å². The second-order valence-corrected chi connectivity index (χ2v) is 19.9. The highest BCUT2D eigenvalue weighted by Gasteiger charge is 2.39. The number of anilines is 1. The third-order valence-corrected chi connectivity index (χ3v) is 16.5. The van der Waals surface area contributed by atoms with Crippen LogP contribution in [0.15, 0.2) is 23.1 Å². The van der Waals surface area contributed by atoms with Gasteiger partial charge in [0.05, 0.1) is 13.1 Å². The Balaban J connectivity index is 1.45. The van der Waals surface area contributed by atoms with Crippen molar-refractivity contribution in [3.8, 4) is 0 Å². The zero-order valence-electron chi connectivity index (χ0n) is 20.6. The molecule has 13 heteroatoms. The Hall–Kier alpha value is -0.880. The van der Waals surface area contributed by atoms with E-state index in [9.17, 15) is 18.3 Å². The fourth-order valence-electron chi connectivity index (χ4n) is 4.81. The molecular formula is C23H34I2N6O4S. The number of fused-ring (bicyclic) bond motifs is 1. The molecule has 2 aromatic heterocycles. The molecule has 2 fully saturated rings. The standard InChI is InChI=1S/C23H34I2N6O4S/c1-22(33)11-5-6-18(22)31-19(32)8-7-16-14-26-21(29-20(16)31)28-17-9-12-30(13-10-17)36(34,35)27-15-23(2,24-3)25-4/h7-8,14,17-18,27,33H,3-6,9-13,15H2,1-2H3,(H,26,28,29)/t18-,22-/m0/s1. The number of hydrogen-bond donors (Lipinski definition) is 3. The number of halogens is 2. The van der Waals surface area contributed by atoms with Crippen LogP contribution in [0, 0.1) is 0 Å². The Kier molecular flexibility index (Phi) is 8.66. The number of piperidine rings is 1. The smallest absolute Gasteiger partial charge is 0.279 e. The van der Waals surface area contributed by atoms with Gasteiger partial charge in [0.25, 0.3) is 15.8 Å². The molecule has 0 spiro atoms. The molecule has 1 saturated heterocycles. The number of aromatic nitrogens is 3. The number of rotatable bonds is 9. The fourth-order valence-corrected chi connectivity index (χ4v) is 9.16. The summed E-state index contributed by atoms with van der Waals surface area (Å²) < 4.78 is 39.6. The Labute approximate surface area is 232 Å². The summed E-state index contributed by atoms with van der Waals surface area (Å²) in [6, 6.07) is 2.87. The maximum atomic E-state index is 12.8. The van der Waals surface area contributed by atoms with E-state index in [1.54, 1.807) is 23.8 Å². The van der Waals surface area contributed by atoms with Gasteiger partial charge in [-0.15, -0.1) is 41.5 Å². The van der Waals surface area contributed by atoms with Crippen molar-refractivity contribution in [3.05, 3.63) is 28.7 Å². The highest BCUT2D eigenvalue weighted by molar-refractivity contribution is 14.3. The molecule has 1 aliphatic carbocycles. The predicted molar refractivity (Wildman–Crippen MR) is 163 cm³/mol. The van der Waals surface area contributed by atoms with Crippen LogP contribution in [-0.2, 0) is 10.2 Å². The Bertz CT molecular complexity index is 1300. The van der Waals surface area contributed by atoms with Gasteiger partial charge in [0.2, 0.25) is 5.95 Å². The monoisotopic (exact) mass is 744 g/mol. The van der Waals surface area contributed by atoms with Gasteiger partial charge in [-0.1, -0.05) is 9.03 Å². The van der Waals surface area contributed by atoms with Gasteiger partial charge in [-0.3, -0.25) is 9.36 Å². The molecule has 2 atom stereocenters. The summed E-state index contributed by atoms with van der Waals surface area (Å²) in [5.74, 6) is 0.397. The van der Waals surface area contributed by atoms with Gasteiger partial charge in [0.1, 0.15) is 5.65 Å². The van der Waals surface area contributed by atoms with Crippen LogP contribution in [0.1, 0.15) is 52.0 Å². The van der Waals surface area contributed by atoms with E-state index in [1.165, 1.54) is 10.4 Å². The summed E-state index contributed by atoms with van der Waals surface area (Å²) in [5, 5.41) is 14.9. The third kappa shape index (κ3) is 6.06. The SMILES string of the molecule is C=IC(C)(CNS(=O)(=O)N1CCC(Nc2ncc3ccc(=O)n([C@H]4CCC[C@]4(C)O)c3n2)CC1)I=C. The molecule has 0 unspecified atom stereocenters. The van der Waals surface area contributed by atoms with Crippen molar-refractivity contribution >= 4 is 77.7 Å². The molecule has 1 saturated carbocycles. The molecule has 0 amide bonds. The number of alkyl halides is 2. The van der Waals surface area contributed by atoms with Gasteiger partial charge in [-0.2, -0.15) is 17.7 Å². The first-order valence-electron chi connectivity index (χ1n) is 11.9. The van der Waals surface area contributed by atoms with Crippen molar-refractivity contribution in [3.63, 3.8) is 0 Å². The molecule has 0 aromatic carbocycles. The lowest BCUT2D eigenvalue weighted by Gasteiger charge is -2.32. The first-order valence-corrected chi connectivity index (χ1v) is 18.5. The number of pyridine rings is 1. The summed E-state index contributed by atoms with van der Waals surface area (Å²) in [4.78, 5) is 21.9. The van der Waals surface area contributed by atoms with E-state index < -0.39 is 15.8 Å². The van der Waals surface area contributed by atoms with Crippen LogP contribution in [0.25, 0.3) is 11.0 Å². The van der Waals surface area contributed by atoms with Crippen LogP contribution in [0.4, 0.5) is 5.95 Å². The number of aliphatic hydroxyl groups is 1. The average Bonchev–Trinajstić information content (AvgIpc) is 3.21. The minimum Gasteiger partial charge on any atom is -0.388 e. The van der Waals surface area contributed by atoms with Gasteiger partial charge in [-0.05, 0) is 52.0 Å². The lowest BCUT2D eigenvalue weighted by molar-refractivity contribution is 0.0267. The molecule has 3 N–H and O–H groups in total. The Morgan fingerprint density at radius 2 is 1.94 bits per heavy atom. The van der Waals surface area contributed by atoms with Gasteiger partial charge in [-0.25, -0.2) is 9.71 Å². The lowest BCUT2D eigenvalue weighted by Crippen LogP contribution is -2.49. The second-order valence-electron chi connectivity index (χ2n) is 9.76.